The van der Waals surface area contributed by atoms with E-state index in [9.17, 15) is 0 Å². The summed E-state index contributed by atoms with van der Waals surface area (Å²) in [6.45, 7) is 4.46. The van der Waals surface area contributed by atoms with Crippen molar-refractivity contribution in [1.29, 1.82) is 0 Å². The van der Waals surface area contributed by atoms with E-state index in [1.165, 1.54) is 0 Å². The number of aromatic nitrogens is 2. The molecule has 0 aromatic carbocycles. The fourth-order valence-electron chi connectivity index (χ4n) is 2.60. The molecule has 0 aliphatic heterocycles. The van der Waals surface area contributed by atoms with Gasteiger partial charge in [-0.1, -0.05) is 13.8 Å². The lowest BCUT2D eigenvalue weighted by molar-refractivity contribution is -0.0795. The number of methoxy groups -OCH3 is 1. The van der Waals surface area contributed by atoms with E-state index >= 15 is 0 Å². The molecule has 0 radical (unpaired) electrons. The maximum absolute atomic E-state index is 5.47. The Balaban J connectivity index is 1.84. The minimum absolute atomic E-state index is 0.141. The molecule has 1 fully saturated rings. The molecule has 1 N–H and O–H groups in total. The number of rotatable bonds is 3. The normalized spacial score (nSPS) is 25.9. The van der Waals surface area contributed by atoms with Crippen LogP contribution in [0.3, 0.4) is 0 Å². The van der Waals surface area contributed by atoms with Gasteiger partial charge < -0.3 is 10.1 Å². The maximum Gasteiger partial charge on any atom is 0.138 e. The Bertz CT molecular complexity index is 566. The minimum Gasteiger partial charge on any atom is -0.381 e. The smallest absolute Gasteiger partial charge is 0.138 e. The molecule has 0 spiro atoms. The highest BCUT2D eigenvalue weighted by Gasteiger charge is 2.48. The first kappa shape index (κ1) is 11.9. The molecule has 3 rings (SSSR count). The van der Waals surface area contributed by atoms with Gasteiger partial charge in [0.15, 0.2) is 0 Å². The van der Waals surface area contributed by atoms with Crippen LogP contribution in [0.2, 0.25) is 0 Å². The predicted molar refractivity (Wildman–Crippen MR) is 74.0 cm³/mol. The number of hydrogen-bond donors (Lipinski definition) is 1. The number of nitrogens with zero attached hydrogens (tertiary/aromatic N) is 2. The second kappa shape index (κ2) is 4.17. The molecule has 4 nitrogen and oxygen atoms in total. The molecule has 2 aromatic heterocycles. The van der Waals surface area contributed by atoms with Gasteiger partial charge in [-0.15, -0.1) is 11.3 Å². The van der Waals surface area contributed by atoms with E-state index < -0.39 is 0 Å². The zero-order chi connectivity index (χ0) is 12.8. The third kappa shape index (κ3) is 1.69. The fraction of sp³-hybridized carbons (Fsp3) is 0.538. The molecule has 2 atom stereocenters. The van der Waals surface area contributed by atoms with Gasteiger partial charge in [0.2, 0.25) is 0 Å². The van der Waals surface area contributed by atoms with Gasteiger partial charge in [0.1, 0.15) is 17.0 Å². The van der Waals surface area contributed by atoms with Crippen molar-refractivity contribution in [3.63, 3.8) is 0 Å². The average Bonchev–Trinajstić information content (AvgIpc) is 2.82. The lowest BCUT2D eigenvalue weighted by atomic mass is 9.64. The van der Waals surface area contributed by atoms with Gasteiger partial charge in [-0.05, 0) is 17.9 Å². The molecule has 18 heavy (non-hydrogen) atoms. The summed E-state index contributed by atoms with van der Waals surface area (Å²) in [7, 11) is 1.78. The molecule has 2 unspecified atom stereocenters. The zero-order valence-corrected chi connectivity index (χ0v) is 11.6. The van der Waals surface area contributed by atoms with Crippen molar-refractivity contribution in [3.05, 3.63) is 17.8 Å². The summed E-state index contributed by atoms with van der Waals surface area (Å²) in [5, 5.41) is 6.70. The average molecular weight is 263 g/mol. The van der Waals surface area contributed by atoms with Crippen LogP contribution in [0.15, 0.2) is 17.8 Å². The quantitative estimate of drug-likeness (QED) is 0.925. The number of nitrogens with one attached hydrogen (secondary N) is 1. The summed E-state index contributed by atoms with van der Waals surface area (Å²) in [6, 6.07) is 2.47. The first-order chi connectivity index (χ1) is 8.63. The Morgan fingerprint density at radius 2 is 2.28 bits per heavy atom. The lowest BCUT2D eigenvalue weighted by Crippen LogP contribution is -2.57. The SMILES string of the molecule is COC1CC(Nc2ncnc3sccc23)C1(C)C. The van der Waals surface area contributed by atoms with Gasteiger partial charge in [-0.3, -0.25) is 0 Å². The summed E-state index contributed by atoms with van der Waals surface area (Å²) in [5.41, 5.74) is 0.141. The van der Waals surface area contributed by atoms with E-state index in [1.54, 1.807) is 24.8 Å². The molecule has 0 bridgehead atoms. The second-order valence-electron chi connectivity index (χ2n) is 5.34. The molecular weight excluding hydrogens is 246 g/mol. The van der Waals surface area contributed by atoms with Crippen molar-refractivity contribution in [2.45, 2.75) is 32.4 Å². The highest BCUT2D eigenvalue weighted by molar-refractivity contribution is 7.16. The fourth-order valence-corrected chi connectivity index (χ4v) is 3.33. The minimum atomic E-state index is 0.141. The number of hydrogen-bond acceptors (Lipinski definition) is 5. The van der Waals surface area contributed by atoms with Crippen molar-refractivity contribution < 1.29 is 4.74 Å². The van der Waals surface area contributed by atoms with E-state index in [0.717, 1.165) is 22.5 Å². The molecule has 2 aromatic rings. The predicted octanol–water partition coefficient (Wildman–Crippen LogP) is 2.92. The van der Waals surface area contributed by atoms with E-state index in [4.69, 9.17) is 4.74 Å². The largest absolute Gasteiger partial charge is 0.381 e. The van der Waals surface area contributed by atoms with Gasteiger partial charge in [-0.2, -0.15) is 0 Å². The van der Waals surface area contributed by atoms with Crippen molar-refractivity contribution in [3.8, 4) is 0 Å². The Morgan fingerprint density at radius 1 is 1.44 bits per heavy atom. The Hall–Kier alpha value is -1.20. The van der Waals surface area contributed by atoms with Crippen molar-refractivity contribution in [2.75, 3.05) is 12.4 Å². The summed E-state index contributed by atoms with van der Waals surface area (Å²) in [6.07, 6.45) is 2.98. The van der Waals surface area contributed by atoms with Gasteiger partial charge in [-0.25, -0.2) is 9.97 Å². The van der Waals surface area contributed by atoms with Crippen LogP contribution < -0.4 is 5.32 Å². The second-order valence-corrected chi connectivity index (χ2v) is 6.23. The monoisotopic (exact) mass is 263 g/mol. The van der Waals surface area contributed by atoms with Crippen molar-refractivity contribution in [1.82, 2.24) is 9.97 Å². The molecule has 0 saturated heterocycles. The van der Waals surface area contributed by atoms with Crippen LogP contribution >= 0.6 is 11.3 Å². The summed E-state index contributed by atoms with van der Waals surface area (Å²) < 4.78 is 5.47. The van der Waals surface area contributed by atoms with Gasteiger partial charge in [0.05, 0.1) is 11.5 Å². The van der Waals surface area contributed by atoms with Crippen LogP contribution in [0.1, 0.15) is 20.3 Å². The van der Waals surface area contributed by atoms with Crippen LogP contribution in [0.5, 0.6) is 0 Å². The van der Waals surface area contributed by atoms with Crippen molar-refractivity contribution in [2.24, 2.45) is 5.41 Å². The first-order valence-electron chi connectivity index (χ1n) is 6.10. The Morgan fingerprint density at radius 3 is 3.00 bits per heavy atom. The topological polar surface area (TPSA) is 47.0 Å². The lowest BCUT2D eigenvalue weighted by Gasteiger charge is -2.51. The van der Waals surface area contributed by atoms with E-state index in [0.29, 0.717) is 12.1 Å². The van der Waals surface area contributed by atoms with E-state index in [2.05, 4.69) is 40.6 Å². The first-order valence-corrected chi connectivity index (χ1v) is 6.98. The molecule has 0 amide bonds. The zero-order valence-electron chi connectivity index (χ0n) is 10.8. The van der Waals surface area contributed by atoms with Crippen LogP contribution in [-0.4, -0.2) is 29.2 Å². The standard InChI is InChI=1S/C13H17N3OS/c1-13(2)9(6-10(13)17-3)16-11-8-4-5-18-12(8)15-7-14-11/h4-5,7,9-10H,6H2,1-3H3,(H,14,15,16). The highest BCUT2D eigenvalue weighted by Crippen LogP contribution is 2.44. The van der Waals surface area contributed by atoms with E-state index in [-0.39, 0.29) is 5.41 Å². The summed E-state index contributed by atoms with van der Waals surface area (Å²) in [5.74, 6) is 0.939. The Labute approximate surface area is 110 Å². The van der Waals surface area contributed by atoms with Gasteiger partial charge in [0.25, 0.3) is 0 Å². The molecule has 5 heteroatoms. The molecule has 96 valence electrons. The number of ether oxygens (including phenoxy) is 1. The van der Waals surface area contributed by atoms with Gasteiger partial charge >= 0.3 is 0 Å². The summed E-state index contributed by atoms with van der Waals surface area (Å²) >= 11 is 1.64. The summed E-state index contributed by atoms with van der Waals surface area (Å²) in [4.78, 5) is 9.66. The third-order valence-corrected chi connectivity index (χ3v) is 4.86. The molecular formula is C13H17N3OS. The Kier molecular flexibility index (Phi) is 2.75. The number of anilines is 1. The van der Waals surface area contributed by atoms with Crippen LogP contribution in [0.25, 0.3) is 10.2 Å². The highest BCUT2D eigenvalue weighted by atomic mass is 32.1. The number of thiophene rings is 1. The molecule has 2 heterocycles. The maximum atomic E-state index is 5.47. The van der Waals surface area contributed by atoms with Crippen LogP contribution in [-0.2, 0) is 4.74 Å². The molecule has 1 saturated carbocycles. The van der Waals surface area contributed by atoms with E-state index in [1.807, 2.05) is 0 Å². The van der Waals surface area contributed by atoms with Crippen LogP contribution in [0.4, 0.5) is 5.82 Å². The third-order valence-electron chi connectivity index (χ3n) is 4.03. The number of fused-ring (bicyclic) bond motifs is 1. The molecule has 1 aliphatic rings. The molecule has 1 aliphatic carbocycles. The van der Waals surface area contributed by atoms with Crippen molar-refractivity contribution >= 4 is 27.4 Å². The van der Waals surface area contributed by atoms with Crippen LogP contribution in [0, 0.1) is 5.41 Å². The van der Waals surface area contributed by atoms with Gasteiger partial charge in [0, 0.05) is 18.6 Å².